The zero-order chi connectivity index (χ0) is 14.4. The highest BCUT2D eigenvalue weighted by Gasteiger charge is 2.09. The monoisotopic (exact) mass is 388 g/mol. The molecule has 0 fully saturated rings. The van der Waals surface area contributed by atoms with Crippen molar-refractivity contribution in [3.63, 3.8) is 0 Å². The van der Waals surface area contributed by atoms with Crippen LogP contribution in [0.5, 0.6) is 0 Å². The molecular weight excluding hydrogens is 379 g/mol. The van der Waals surface area contributed by atoms with Crippen LogP contribution in [0.1, 0.15) is 0 Å². The summed E-state index contributed by atoms with van der Waals surface area (Å²) in [5.41, 5.74) is 2.18. The lowest BCUT2D eigenvalue weighted by atomic mass is 10.2. The van der Waals surface area contributed by atoms with Crippen molar-refractivity contribution in [1.82, 2.24) is 9.38 Å². The highest BCUT2D eigenvalue weighted by atomic mass is 127. The lowest BCUT2D eigenvalue weighted by Crippen LogP contribution is -2.01. The summed E-state index contributed by atoms with van der Waals surface area (Å²) in [4.78, 5) is 16.6. The molecule has 0 unspecified atom stereocenters. The fourth-order valence-electron chi connectivity index (χ4n) is 2.33. The first-order valence-electron chi connectivity index (χ1n) is 6.37. The van der Waals surface area contributed by atoms with Gasteiger partial charge in [0.2, 0.25) is 0 Å². The molecular formula is C16H9IN2O2. The van der Waals surface area contributed by atoms with Gasteiger partial charge in [0.05, 0.1) is 11.7 Å². The van der Waals surface area contributed by atoms with Gasteiger partial charge in [-0.05, 0) is 59.0 Å². The van der Waals surface area contributed by atoms with Crippen LogP contribution in [-0.4, -0.2) is 9.38 Å². The number of hydrogen-bond acceptors (Lipinski definition) is 3. The zero-order valence-corrected chi connectivity index (χ0v) is 12.9. The van der Waals surface area contributed by atoms with E-state index in [-0.39, 0.29) is 5.43 Å². The van der Waals surface area contributed by atoms with Crippen molar-refractivity contribution < 1.29 is 4.42 Å². The van der Waals surface area contributed by atoms with Gasteiger partial charge in [-0.3, -0.25) is 4.79 Å². The first-order chi connectivity index (χ1) is 10.2. The highest BCUT2D eigenvalue weighted by molar-refractivity contribution is 14.1. The molecule has 0 saturated heterocycles. The molecule has 0 aliphatic heterocycles. The standard InChI is InChI=1S/C16H9IN2O2/c17-10-3-4-15-12(6-10)14(20)8-16(21-15)13-7-11-2-1-5-19(11)9-18-13/h1-9H. The minimum atomic E-state index is -0.0539. The van der Waals surface area contributed by atoms with Gasteiger partial charge in [0.15, 0.2) is 11.2 Å². The van der Waals surface area contributed by atoms with Crippen molar-refractivity contribution in [2.45, 2.75) is 0 Å². The quantitative estimate of drug-likeness (QED) is 0.467. The van der Waals surface area contributed by atoms with Crippen molar-refractivity contribution in [3.8, 4) is 11.5 Å². The first-order valence-corrected chi connectivity index (χ1v) is 7.45. The van der Waals surface area contributed by atoms with Gasteiger partial charge in [-0.2, -0.15) is 0 Å². The van der Waals surface area contributed by atoms with Crippen molar-refractivity contribution in [1.29, 1.82) is 0 Å². The number of benzene rings is 1. The van der Waals surface area contributed by atoms with Gasteiger partial charge in [-0.15, -0.1) is 0 Å². The van der Waals surface area contributed by atoms with Crippen LogP contribution in [-0.2, 0) is 0 Å². The van der Waals surface area contributed by atoms with Crippen LogP contribution in [0.15, 0.2) is 64.2 Å². The topological polar surface area (TPSA) is 47.5 Å². The molecule has 0 radical (unpaired) electrons. The predicted octanol–water partition coefficient (Wildman–Crippen LogP) is 3.71. The Labute approximate surface area is 133 Å². The molecule has 4 rings (SSSR count). The molecule has 0 atom stereocenters. The first kappa shape index (κ1) is 12.6. The number of rotatable bonds is 1. The summed E-state index contributed by atoms with van der Waals surface area (Å²) in [6.45, 7) is 0. The average Bonchev–Trinajstić information content (AvgIpc) is 2.95. The molecule has 0 spiro atoms. The minimum absolute atomic E-state index is 0.0539. The van der Waals surface area contributed by atoms with E-state index in [1.54, 1.807) is 6.33 Å². The molecule has 0 N–H and O–H groups in total. The Kier molecular flexibility index (Phi) is 2.81. The Balaban J connectivity index is 1.97. The second-order valence-electron chi connectivity index (χ2n) is 4.73. The van der Waals surface area contributed by atoms with E-state index >= 15 is 0 Å². The van der Waals surface area contributed by atoms with Crippen molar-refractivity contribution >= 4 is 39.1 Å². The normalized spacial score (nSPS) is 11.3. The Morgan fingerprint density at radius 2 is 2.05 bits per heavy atom. The largest absolute Gasteiger partial charge is 0.454 e. The van der Waals surface area contributed by atoms with E-state index in [4.69, 9.17) is 4.42 Å². The number of nitrogens with zero attached hydrogens (tertiary/aromatic N) is 2. The van der Waals surface area contributed by atoms with E-state index in [0.717, 1.165) is 9.09 Å². The molecule has 4 aromatic rings. The summed E-state index contributed by atoms with van der Waals surface area (Å²) in [7, 11) is 0. The van der Waals surface area contributed by atoms with E-state index in [9.17, 15) is 4.79 Å². The Morgan fingerprint density at radius 3 is 2.95 bits per heavy atom. The molecule has 102 valence electrons. The highest BCUT2D eigenvalue weighted by Crippen LogP contribution is 2.22. The molecule has 3 heterocycles. The minimum Gasteiger partial charge on any atom is -0.454 e. The molecule has 1 aromatic carbocycles. The molecule has 21 heavy (non-hydrogen) atoms. The summed E-state index contributed by atoms with van der Waals surface area (Å²) in [6, 6.07) is 12.9. The van der Waals surface area contributed by atoms with E-state index in [1.807, 2.05) is 47.0 Å². The lowest BCUT2D eigenvalue weighted by Gasteiger charge is -2.04. The van der Waals surface area contributed by atoms with Crippen LogP contribution in [0, 0.1) is 3.57 Å². The molecule has 5 heteroatoms. The summed E-state index contributed by atoms with van der Waals surface area (Å²) in [6.07, 6.45) is 3.63. The number of halogens is 1. The Morgan fingerprint density at radius 1 is 1.14 bits per heavy atom. The molecule has 0 aliphatic carbocycles. The van der Waals surface area contributed by atoms with E-state index in [2.05, 4.69) is 27.6 Å². The van der Waals surface area contributed by atoms with Gasteiger partial charge < -0.3 is 8.82 Å². The number of hydrogen-bond donors (Lipinski definition) is 0. The Bertz CT molecular complexity index is 1030. The second kappa shape index (κ2) is 4.70. The van der Waals surface area contributed by atoms with Gasteiger partial charge in [0.25, 0.3) is 0 Å². The van der Waals surface area contributed by atoms with Crippen LogP contribution in [0.25, 0.3) is 27.9 Å². The van der Waals surface area contributed by atoms with Crippen LogP contribution in [0.3, 0.4) is 0 Å². The zero-order valence-electron chi connectivity index (χ0n) is 10.8. The SMILES string of the molecule is O=c1cc(-c2cc3cccn3cn2)oc2ccc(I)cc12. The van der Waals surface area contributed by atoms with E-state index < -0.39 is 0 Å². The molecule has 0 saturated carbocycles. The van der Waals surface area contributed by atoms with Crippen molar-refractivity contribution in [2.75, 3.05) is 0 Å². The Hall–Kier alpha value is -2.15. The predicted molar refractivity (Wildman–Crippen MR) is 89.4 cm³/mol. The van der Waals surface area contributed by atoms with Gasteiger partial charge >= 0.3 is 0 Å². The summed E-state index contributed by atoms with van der Waals surface area (Å²) >= 11 is 2.18. The smallest absolute Gasteiger partial charge is 0.193 e. The number of fused-ring (bicyclic) bond motifs is 2. The fraction of sp³-hybridized carbons (Fsp3) is 0. The van der Waals surface area contributed by atoms with Gasteiger partial charge in [0.1, 0.15) is 11.3 Å². The summed E-state index contributed by atoms with van der Waals surface area (Å²) in [5.74, 6) is 0.484. The maximum absolute atomic E-state index is 12.2. The second-order valence-corrected chi connectivity index (χ2v) is 5.98. The lowest BCUT2D eigenvalue weighted by molar-refractivity contribution is 0.615. The van der Waals surface area contributed by atoms with Crippen molar-refractivity contribution in [3.05, 3.63) is 68.8 Å². The molecule has 3 aromatic heterocycles. The van der Waals surface area contributed by atoms with E-state index in [1.165, 1.54) is 6.07 Å². The molecule has 0 aliphatic rings. The van der Waals surface area contributed by atoms with Gasteiger partial charge in [0, 0.05) is 21.4 Å². The van der Waals surface area contributed by atoms with Gasteiger partial charge in [-0.1, -0.05) is 0 Å². The van der Waals surface area contributed by atoms with Crippen LogP contribution in [0.4, 0.5) is 0 Å². The van der Waals surface area contributed by atoms with Crippen LogP contribution < -0.4 is 5.43 Å². The third-order valence-electron chi connectivity index (χ3n) is 3.36. The maximum atomic E-state index is 12.2. The average molecular weight is 388 g/mol. The van der Waals surface area contributed by atoms with Crippen LogP contribution >= 0.6 is 22.6 Å². The third kappa shape index (κ3) is 2.13. The molecule has 0 bridgehead atoms. The molecule has 0 amide bonds. The maximum Gasteiger partial charge on any atom is 0.193 e. The van der Waals surface area contributed by atoms with Crippen LogP contribution in [0.2, 0.25) is 0 Å². The third-order valence-corrected chi connectivity index (χ3v) is 4.03. The number of aromatic nitrogens is 2. The van der Waals surface area contributed by atoms with Gasteiger partial charge in [-0.25, -0.2) is 4.98 Å². The van der Waals surface area contributed by atoms with Crippen molar-refractivity contribution in [2.24, 2.45) is 0 Å². The summed E-state index contributed by atoms with van der Waals surface area (Å²) < 4.78 is 8.75. The van der Waals surface area contributed by atoms with E-state index in [0.29, 0.717) is 22.4 Å². The molecule has 4 nitrogen and oxygen atoms in total. The summed E-state index contributed by atoms with van der Waals surface area (Å²) in [5, 5.41) is 0.592. The fourth-order valence-corrected chi connectivity index (χ4v) is 2.82.